The average molecular weight is 400 g/mol. The van der Waals surface area contributed by atoms with Crippen molar-refractivity contribution in [3.8, 4) is 0 Å². The number of ketones is 1. The smallest absolute Gasteiger partial charge is 0.269 e. The number of aryl methyl sites for hydroxylation is 1. The lowest BCUT2D eigenvalue weighted by Gasteiger charge is -2.35. The molecule has 1 aliphatic heterocycles. The van der Waals surface area contributed by atoms with Gasteiger partial charge in [0.2, 0.25) is 0 Å². The molecule has 0 amide bonds. The second-order valence-corrected chi connectivity index (χ2v) is 7.39. The van der Waals surface area contributed by atoms with Crippen LogP contribution in [0.1, 0.15) is 21.7 Å². The van der Waals surface area contributed by atoms with Crippen molar-refractivity contribution in [1.82, 2.24) is 9.47 Å². The molecule has 0 unspecified atom stereocenters. The fraction of sp³-hybridized carbons (Fsp3) is 0.476. The van der Waals surface area contributed by atoms with Crippen LogP contribution in [0.5, 0.6) is 0 Å². The van der Waals surface area contributed by atoms with Gasteiger partial charge in [0.1, 0.15) is 0 Å². The second-order valence-electron chi connectivity index (χ2n) is 7.39. The topological polar surface area (TPSA) is 80.8 Å². The molecule has 2 heterocycles. The zero-order chi connectivity index (χ0) is 21.0. The number of carbonyl (C=O) groups is 1. The molecule has 8 nitrogen and oxygen atoms in total. The maximum absolute atomic E-state index is 12.9. The van der Waals surface area contributed by atoms with Gasteiger partial charge < -0.3 is 14.2 Å². The Balaban J connectivity index is 1.56. The molecule has 1 aliphatic rings. The van der Waals surface area contributed by atoms with Crippen LogP contribution in [-0.2, 0) is 11.3 Å². The summed E-state index contributed by atoms with van der Waals surface area (Å²) in [7, 11) is 1.68. The van der Waals surface area contributed by atoms with Crippen LogP contribution in [0.25, 0.3) is 0 Å². The zero-order valence-corrected chi connectivity index (χ0v) is 17.3. The lowest BCUT2D eigenvalue weighted by atomic mass is 10.1. The monoisotopic (exact) mass is 400 g/mol. The molecule has 1 fully saturated rings. The zero-order valence-electron chi connectivity index (χ0n) is 17.3. The molecular formula is C21H28N4O4. The molecule has 8 heteroatoms. The number of ether oxygens (including phenoxy) is 1. The lowest BCUT2D eigenvalue weighted by Crippen LogP contribution is -2.48. The van der Waals surface area contributed by atoms with Crippen LogP contribution in [0.4, 0.5) is 11.4 Å². The molecule has 0 atom stereocenters. The maximum atomic E-state index is 12.9. The van der Waals surface area contributed by atoms with Gasteiger partial charge in [0.25, 0.3) is 5.69 Å². The second kappa shape index (κ2) is 9.19. The number of non-ortho nitro benzene ring substituents is 1. The van der Waals surface area contributed by atoms with Crippen LogP contribution in [-0.4, -0.2) is 66.6 Å². The van der Waals surface area contributed by atoms with Crippen molar-refractivity contribution < 1.29 is 14.5 Å². The highest BCUT2D eigenvalue weighted by atomic mass is 16.6. The van der Waals surface area contributed by atoms with Gasteiger partial charge in [-0.05, 0) is 32.0 Å². The van der Waals surface area contributed by atoms with Crippen molar-refractivity contribution in [3.05, 3.63) is 57.4 Å². The van der Waals surface area contributed by atoms with Gasteiger partial charge in [0.05, 0.1) is 18.1 Å². The van der Waals surface area contributed by atoms with Gasteiger partial charge in [-0.15, -0.1) is 0 Å². The predicted molar refractivity (Wildman–Crippen MR) is 112 cm³/mol. The fourth-order valence-electron chi connectivity index (χ4n) is 3.85. The van der Waals surface area contributed by atoms with Crippen LogP contribution in [0.15, 0.2) is 30.3 Å². The number of methoxy groups -OCH3 is 1. The van der Waals surface area contributed by atoms with Crippen molar-refractivity contribution >= 4 is 17.2 Å². The van der Waals surface area contributed by atoms with Crippen molar-refractivity contribution in [2.24, 2.45) is 0 Å². The summed E-state index contributed by atoms with van der Waals surface area (Å²) >= 11 is 0. The van der Waals surface area contributed by atoms with Crippen molar-refractivity contribution in [3.63, 3.8) is 0 Å². The summed E-state index contributed by atoms with van der Waals surface area (Å²) in [6.45, 7) is 8.92. The van der Waals surface area contributed by atoms with Crippen LogP contribution >= 0.6 is 0 Å². The Morgan fingerprint density at radius 3 is 2.38 bits per heavy atom. The molecule has 3 rings (SSSR count). The summed E-state index contributed by atoms with van der Waals surface area (Å²) < 4.78 is 7.29. The molecule has 29 heavy (non-hydrogen) atoms. The fourth-order valence-corrected chi connectivity index (χ4v) is 3.85. The van der Waals surface area contributed by atoms with Gasteiger partial charge in [0.15, 0.2) is 5.78 Å². The SMILES string of the molecule is COCCn1c(C)cc(C(=O)CN2CCN(c3ccc([N+](=O)[O-])cc3)CC2)c1C. The van der Waals surface area contributed by atoms with E-state index in [1.807, 2.05) is 19.9 Å². The number of piperazine rings is 1. The van der Waals surface area contributed by atoms with E-state index in [2.05, 4.69) is 14.4 Å². The highest BCUT2D eigenvalue weighted by Crippen LogP contribution is 2.21. The number of Topliss-reactive ketones (excluding diaryl/α,β-unsaturated/α-hetero) is 1. The minimum absolute atomic E-state index is 0.0982. The normalized spacial score (nSPS) is 14.9. The maximum Gasteiger partial charge on any atom is 0.269 e. The number of hydrogen-bond donors (Lipinski definition) is 0. The summed E-state index contributed by atoms with van der Waals surface area (Å²) in [6, 6.07) is 8.61. The van der Waals surface area contributed by atoms with E-state index in [1.165, 1.54) is 12.1 Å². The first kappa shape index (κ1) is 21.0. The molecule has 2 aromatic rings. The number of anilines is 1. The van der Waals surface area contributed by atoms with E-state index in [1.54, 1.807) is 19.2 Å². The molecular weight excluding hydrogens is 372 g/mol. The van der Waals surface area contributed by atoms with Crippen molar-refractivity contribution in [1.29, 1.82) is 0 Å². The largest absolute Gasteiger partial charge is 0.383 e. The van der Waals surface area contributed by atoms with Crippen molar-refractivity contribution in [2.45, 2.75) is 20.4 Å². The Hall–Kier alpha value is -2.71. The third-order valence-electron chi connectivity index (χ3n) is 5.56. The van der Waals surface area contributed by atoms with Gasteiger partial charge in [0, 0.05) is 74.6 Å². The van der Waals surface area contributed by atoms with Gasteiger partial charge in [-0.1, -0.05) is 0 Å². The molecule has 1 aromatic carbocycles. The molecule has 1 saturated heterocycles. The molecule has 0 radical (unpaired) electrons. The Labute approximate surface area is 170 Å². The lowest BCUT2D eigenvalue weighted by molar-refractivity contribution is -0.384. The summed E-state index contributed by atoms with van der Waals surface area (Å²) in [4.78, 5) is 27.6. The molecule has 0 spiro atoms. The number of benzene rings is 1. The summed E-state index contributed by atoms with van der Waals surface area (Å²) in [6.07, 6.45) is 0. The first-order valence-corrected chi connectivity index (χ1v) is 9.81. The average Bonchev–Trinajstić information content (AvgIpc) is 3.00. The van der Waals surface area contributed by atoms with E-state index < -0.39 is 0 Å². The first-order chi connectivity index (χ1) is 13.9. The number of nitro groups is 1. The standard InChI is InChI=1S/C21H28N4O4/c1-16-14-20(17(2)24(16)12-13-29-3)21(26)15-22-8-10-23(11-9-22)18-4-6-19(7-5-18)25(27)28/h4-7,14H,8-13,15H2,1-3H3. The molecule has 156 valence electrons. The van der Waals surface area contributed by atoms with E-state index in [4.69, 9.17) is 4.74 Å². The van der Waals surface area contributed by atoms with E-state index in [9.17, 15) is 14.9 Å². The number of carbonyl (C=O) groups excluding carboxylic acids is 1. The van der Waals surface area contributed by atoms with Crippen LogP contribution in [0, 0.1) is 24.0 Å². The third kappa shape index (κ3) is 4.83. The van der Waals surface area contributed by atoms with E-state index in [0.717, 1.165) is 55.4 Å². The third-order valence-corrected chi connectivity index (χ3v) is 5.56. The quantitative estimate of drug-likeness (QED) is 0.385. The van der Waals surface area contributed by atoms with Crippen LogP contribution in [0.2, 0.25) is 0 Å². The molecule has 1 aromatic heterocycles. The summed E-state index contributed by atoms with van der Waals surface area (Å²) in [5.41, 5.74) is 3.93. The Kier molecular flexibility index (Phi) is 6.66. The number of nitro benzene ring substituents is 1. The van der Waals surface area contributed by atoms with Gasteiger partial charge in [-0.25, -0.2) is 0 Å². The number of hydrogen-bond acceptors (Lipinski definition) is 6. The highest BCUT2D eigenvalue weighted by molar-refractivity contribution is 5.99. The van der Waals surface area contributed by atoms with Crippen molar-refractivity contribution in [2.75, 3.05) is 51.3 Å². The van der Waals surface area contributed by atoms with E-state index in [0.29, 0.717) is 13.2 Å². The molecule has 0 bridgehead atoms. The molecule has 0 N–H and O–H groups in total. The van der Waals surface area contributed by atoms with Gasteiger partial charge in [-0.3, -0.25) is 19.8 Å². The van der Waals surface area contributed by atoms with Gasteiger partial charge >= 0.3 is 0 Å². The minimum atomic E-state index is -0.389. The molecule has 0 aliphatic carbocycles. The Morgan fingerprint density at radius 2 is 1.79 bits per heavy atom. The number of aromatic nitrogens is 1. The van der Waals surface area contributed by atoms with Crippen LogP contribution < -0.4 is 4.90 Å². The van der Waals surface area contributed by atoms with Crippen LogP contribution in [0.3, 0.4) is 0 Å². The summed E-state index contributed by atoms with van der Waals surface area (Å²) in [5.74, 6) is 0.144. The number of rotatable bonds is 8. The molecule has 0 saturated carbocycles. The highest BCUT2D eigenvalue weighted by Gasteiger charge is 2.22. The van der Waals surface area contributed by atoms with E-state index in [-0.39, 0.29) is 16.4 Å². The van der Waals surface area contributed by atoms with Gasteiger partial charge in [-0.2, -0.15) is 0 Å². The first-order valence-electron chi connectivity index (χ1n) is 9.81. The summed E-state index contributed by atoms with van der Waals surface area (Å²) in [5, 5.41) is 10.8. The minimum Gasteiger partial charge on any atom is -0.383 e. The Bertz CT molecular complexity index is 868. The number of nitrogens with zero attached hydrogens (tertiary/aromatic N) is 4. The van der Waals surface area contributed by atoms with E-state index >= 15 is 0 Å². The Morgan fingerprint density at radius 1 is 1.14 bits per heavy atom. The predicted octanol–water partition coefficient (Wildman–Crippen LogP) is 2.66.